The first-order valence-corrected chi connectivity index (χ1v) is 16.6. The van der Waals surface area contributed by atoms with E-state index < -0.39 is 0 Å². The Bertz CT molecular complexity index is 2870. The Kier molecular flexibility index (Phi) is 6.42. The summed E-state index contributed by atoms with van der Waals surface area (Å²) >= 11 is 0. The molecule has 0 saturated carbocycles. The van der Waals surface area contributed by atoms with Gasteiger partial charge in [-0.2, -0.15) is 0 Å². The van der Waals surface area contributed by atoms with Crippen LogP contribution in [0.25, 0.3) is 100 Å². The van der Waals surface area contributed by atoms with E-state index in [1.807, 2.05) is 79.1 Å². The molecule has 0 radical (unpaired) electrons. The molecule has 234 valence electrons. The van der Waals surface area contributed by atoms with Gasteiger partial charge in [0.15, 0.2) is 5.82 Å². The maximum absolute atomic E-state index is 6.76. The van der Waals surface area contributed by atoms with E-state index in [0.29, 0.717) is 5.82 Å². The van der Waals surface area contributed by atoms with Crippen molar-refractivity contribution in [3.8, 4) is 56.2 Å². The molecule has 0 aliphatic heterocycles. The van der Waals surface area contributed by atoms with Crippen LogP contribution in [0.5, 0.6) is 0 Å². The first kappa shape index (κ1) is 28.2. The predicted octanol–water partition coefficient (Wildman–Crippen LogP) is 12.0. The lowest BCUT2D eigenvalue weighted by Gasteiger charge is -2.13. The van der Waals surface area contributed by atoms with E-state index in [4.69, 9.17) is 18.8 Å². The third-order valence-corrected chi connectivity index (χ3v) is 9.45. The van der Waals surface area contributed by atoms with Crippen LogP contribution in [-0.4, -0.2) is 15.0 Å². The van der Waals surface area contributed by atoms with Gasteiger partial charge in [0.1, 0.15) is 22.3 Å². The van der Waals surface area contributed by atoms with E-state index in [9.17, 15) is 0 Å². The number of para-hydroxylation sites is 3. The summed E-state index contributed by atoms with van der Waals surface area (Å²) in [4.78, 5) is 14.7. The van der Waals surface area contributed by atoms with Gasteiger partial charge in [-0.3, -0.25) is 4.98 Å². The maximum atomic E-state index is 6.76. The SMILES string of the molecule is c1ccc(-c2cc(-c3ccc(-c4cccc5c4oc4ccccc45)c4c3oc3ccccc34)nc(-c3ccccc3-c3ccncc3)n2)cc1. The van der Waals surface area contributed by atoms with Crippen LogP contribution >= 0.6 is 0 Å². The highest BCUT2D eigenvalue weighted by atomic mass is 16.3. The van der Waals surface area contributed by atoms with Gasteiger partial charge in [-0.05, 0) is 53.1 Å². The van der Waals surface area contributed by atoms with Crippen molar-refractivity contribution in [1.82, 2.24) is 15.0 Å². The second kappa shape index (κ2) is 11.4. The smallest absolute Gasteiger partial charge is 0.161 e. The maximum Gasteiger partial charge on any atom is 0.161 e. The average molecular weight is 642 g/mol. The zero-order valence-electron chi connectivity index (χ0n) is 26.7. The third kappa shape index (κ3) is 4.52. The molecule has 10 rings (SSSR count). The van der Waals surface area contributed by atoms with E-state index in [1.165, 1.54) is 0 Å². The minimum Gasteiger partial charge on any atom is -0.455 e. The molecular formula is C45H27N3O2. The van der Waals surface area contributed by atoms with Gasteiger partial charge in [0.25, 0.3) is 0 Å². The predicted molar refractivity (Wildman–Crippen MR) is 202 cm³/mol. The van der Waals surface area contributed by atoms with Crippen molar-refractivity contribution in [2.75, 3.05) is 0 Å². The van der Waals surface area contributed by atoms with Gasteiger partial charge in [0, 0.05) is 56.2 Å². The van der Waals surface area contributed by atoms with Crippen molar-refractivity contribution in [2.45, 2.75) is 0 Å². The molecule has 0 amide bonds. The van der Waals surface area contributed by atoms with E-state index in [0.717, 1.165) is 94.2 Å². The number of hydrogen-bond donors (Lipinski definition) is 0. The Morgan fingerprint density at radius 3 is 1.84 bits per heavy atom. The molecular weight excluding hydrogens is 615 g/mol. The van der Waals surface area contributed by atoms with Crippen molar-refractivity contribution >= 4 is 43.9 Å². The summed E-state index contributed by atoms with van der Waals surface area (Å²) in [5, 5.41) is 4.24. The lowest BCUT2D eigenvalue weighted by Crippen LogP contribution is -1.98. The first-order chi connectivity index (χ1) is 24.8. The highest BCUT2D eigenvalue weighted by molar-refractivity contribution is 6.19. The summed E-state index contributed by atoms with van der Waals surface area (Å²) in [7, 11) is 0. The molecule has 0 fully saturated rings. The van der Waals surface area contributed by atoms with Gasteiger partial charge in [-0.25, -0.2) is 9.97 Å². The van der Waals surface area contributed by atoms with Crippen LogP contribution in [0.2, 0.25) is 0 Å². The van der Waals surface area contributed by atoms with Gasteiger partial charge < -0.3 is 8.83 Å². The van der Waals surface area contributed by atoms with Crippen molar-refractivity contribution in [2.24, 2.45) is 0 Å². The second-order valence-corrected chi connectivity index (χ2v) is 12.4. The first-order valence-electron chi connectivity index (χ1n) is 16.6. The van der Waals surface area contributed by atoms with Crippen molar-refractivity contribution < 1.29 is 8.83 Å². The van der Waals surface area contributed by atoms with Crippen molar-refractivity contribution in [1.29, 1.82) is 0 Å². The lowest BCUT2D eigenvalue weighted by atomic mass is 9.94. The molecule has 5 nitrogen and oxygen atoms in total. The molecule has 0 aliphatic rings. The third-order valence-electron chi connectivity index (χ3n) is 9.45. The Morgan fingerprint density at radius 1 is 0.380 bits per heavy atom. The Hall–Kier alpha value is -6.85. The molecule has 0 unspecified atom stereocenters. The molecule has 50 heavy (non-hydrogen) atoms. The average Bonchev–Trinajstić information content (AvgIpc) is 3.77. The lowest BCUT2D eigenvalue weighted by molar-refractivity contribution is 0.669. The summed E-state index contributed by atoms with van der Waals surface area (Å²) in [6.45, 7) is 0. The summed E-state index contributed by atoms with van der Waals surface area (Å²) < 4.78 is 13.3. The molecule has 5 heteroatoms. The molecule has 0 N–H and O–H groups in total. The number of aromatic nitrogens is 3. The zero-order valence-corrected chi connectivity index (χ0v) is 26.7. The molecule has 6 aromatic carbocycles. The van der Waals surface area contributed by atoms with E-state index in [2.05, 4.69) is 89.9 Å². The number of rotatable bonds is 5. The van der Waals surface area contributed by atoms with Crippen molar-refractivity contribution in [3.63, 3.8) is 0 Å². The van der Waals surface area contributed by atoms with E-state index in [-0.39, 0.29) is 0 Å². The van der Waals surface area contributed by atoms with Crippen LogP contribution in [0, 0.1) is 0 Å². The molecule has 0 atom stereocenters. The van der Waals surface area contributed by atoms with Gasteiger partial charge in [-0.1, -0.05) is 115 Å². The molecule has 4 aromatic heterocycles. The minimum absolute atomic E-state index is 0.633. The quantitative estimate of drug-likeness (QED) is 0.187. The number of furan rings is 2. The van der Waals surface area contributed by atoms with E-state index >= 15 is 0 Å². The standard InChI is InChI=1S/C45H27N3O2/c1-2-11-29(12-3-1)38-27-39(48-45(47-38)35-15-5-4-13-30(35)28-23-25-46-26-24-28)36-22-21-32(42-37-16-7-9-20-41(37)50-44(36)42)34-18-10-17-33-31-14-6-8-19-40(31)49-43(33)34/h1-27H. The zero-order chi connectivity index (χ0) is 33.0. The van der Waals surface area contributed by atoms with Gasteiger partial charge in [-0.15, -0.1) is 0 Å². The molecule has 0 saturated heterocycles. The fourth-order valence-corrected chi connectivity index (χ4v) is 7.14. The summed E-state index contributed by atoms with van der Waals surface area (Å²) in [5.41, 5.74) is 11.9. The van der Waals surface area contributed by atoms with Crippen LogP contribution in [-0.2, 0) is 0 Å². The molecule has 0 bridgehead atoms. The Labute approximate surface area is 287 Å². The van der Waals surface area contributed by atoms with E-state index in [1.54, 1.807) is 0 Å². The summed E-state index contributed by atoms with van der Waals surface area (Å²) in [6.07, 6.45) is 3.62. The molecule has 0 aliphatic carbocycles. The number of hydrogen-bond acceptors (Lipinski definition) is 5. The van der Waals surface area contributed by atoms with Crippen LogP contribution in [0.1, 0.15) is 0 Å². The van der Waals surface area contributed by atoms with Gasteiger partial charge >= 0.3 is 0 Å². The molecule has 0 spiro atoms. The summed E-state index contributed by atoms with van der Waals surface area (Å²) in [5.74, 6) is 0.633. The van der Waals surface area contributed by atoms with Crippen LogP contribution in [0.4, 0.5) is 0 Å². The molecule has 4 heterocycles. The monoisotopic (exact) mass is 641 g/mol. The second-order valence-electron chi connectivity index (χ2n) is 12.4. The highest BCUT2D eigenvalue weighted by Crippen LogP contribution is 2.45. The van der Waals surface area contributed by atoms with Crippen LogP contribution < -0.4 is 0 Å². The van der Waals surface area contributed by atoms with Crippen molar-refractivity contribution in [3.05, 3.63) is 164 Å². The highest BCUT2D eigenvalue weighted by Gasteiger charge is 2.22. The molecule has 10 aromatic rings. The fraction of sp³-hybridized carbons (Fsp3) is 0. The van der Waals surface area contributed by atoms with Crippen LogP contribution in [0.15, 0.2) is 173 Å². The summed E-state index contributed by atoms with van der Waals surface area (Å²) in [6, 6.07) is 51.7. The Balaban J connectivity index is 1.25. The fourth-order valence-electron chi connectivity index (χ4n) is 7.14. The number of nitrogens with zero attached hydrogens (tertiary/aromatic N) is 3. The minimum atomic E-state index is 0.633. The topological polar surface area (TPSA) is 65.0 Å². The van der Waals surface area contributed by atoms with Gasteiger partial charge in [0.2, 0.25) is 0 Å². The normalized spacial score (nSPS) is 11.6. The van der Waals surface area contributed by atoms with Gasteiger partial charge in [0.05, 0.1) is 11.4 Å². The number of benzene rings is 6. The largest absolute Gasteiger partial charge is 0.455 e. The van der Waals surface area contributed by atoms with Crippen LogP contribution in [0.3, 0.4) is 0 Å². The number of fused-ring (bicyclic) bond motifs is 6. The number of pyridine rings is 1. The Morgan fingerprint density at radius 2 is 1.00 bits per heavy atom.